The van der Waals surface area contributed by atoms with Crippen molar-refractivity contribution in [2.45, 2.75) is 51.2 Å². The number of aliphatic hydroxyl groups is 1. The molecule has 0 spiro atoms. The molecule has 1 fully saturated rings. The number of nitrogens with zero attached hydrogens (tertiary/aromatic N) is 1. The van der Waals surface area contributed by atoms with Gasteiger partial charge in [-0.2, -0.15) is 0 Å². The molecule has 3 N–H and O–H groups in total. The molecular formula is C16H28IN3O2. The van der Waals surface area contributed by atoms with E-state index in [2.05, 4.69) is 22.5 Å². The molecule has 0 saturated heterocycles. The van der Waals surface area contributed by atoms with E-state index < -0.39 is 5.60 Å². The smallest absolute Gasteiger partial charge is 0.191 e. The molecule has 1 aliphatic carbocycles. The van der Waals surface area contributed by atoms with Gasteiger partial charge in [0.25, 0.3) is 0 Å². The van der Waals surface area contributed by atoms with Crippen LogP contribution in [-0.4, -0.2) is 30.7 Å². The Morgan fingerprint density at radius 1 is 1.50 bits per heavy atom. The maximum absolute atomic E-state index is 10.4. The highest BCUT2D eigenvalue weighted by molar-refractivity contribution is 14.0. The summed E-state index contributed by atoms with van der Waals surface area (Å²) in [5.74, 6) is 2.05. The molecule has 1 heterocycles. The first-order valence-corrected chi connectivity index (χ1v) is 7.75. The Hall–Kier alpha value is -0.760. The van der Waals surface area contributed by atoms with Crippen molar-refractivity contribution in [2.24, 2.45) is 10.9 Å². The maximum atomic E-state index is 10.4. The molecule has 0 aromatic carbocycles. The van der Waals surface area contributed by atoms with E-state index in [1.54, 1.807) is 32.4 Å². The molecule has 22 heavy (non-hydrogen) atoms. The second-order valence-electron chi connectivity index (χ2n) is 6.29. The van der Waals surface area contributed by atoms with Crippen molar-refractivity contribution in [1.82, 2.24) is 10.6 Å². The summed E-state index contributed by atoms with van der Waals surface area (Å²) >= 11 is 0. The van der Waals surface area contributed by atoms with Crippen LogP contribution in [0.4, 0.5) is 0 Å². The molecule has 3 unspecified atom stereocenters. The first-order chi connectivity index (χ1) is 10.0. The van der Waals surface area contributed by atoms with Crippen molar-refractivity contribution in [2.75, 3.05) is 13.6 Å². The lowest BCUT2D eigenvalue weighted by Gasteiger charge is -2.30. The van der Waals surface area contributed by atoms with Crippen LogP contribution in [0.15, 0.2) is 27.8 Å². The van der Waals surface area contributed by atoms with Gasteiger partial charge in [0, 0.05) is 13.1 Å². The lowest BCUT2D eigenvalue weighted by molar-refractivity contribution is 0.0385. The largest absolute Gasteiger partial charge is 0.466 e. The minimum absolute atomic E-state index is 0. The molecular weight excluding hydrogens is 393 g/mol. The fourth-order valence-corrected chi connectivity index (χ4v) is 2.88. The highest BCUT2D eigenvalue weighted by Gasteiger charge is 2.27. The van der Waals surface area contributed by atoms with E-state index in [0.29, 0.717) is 18.3 Å². The Kier molecular flexibility index (Phi) is 7.68. The van der Waals surface area contributed by atoms with Crippen LogP contribution in [0, 0.1) is 5.92 Å². The molecule has 1 aromatic heterocycles. The zero-order valence-corrected chi connectivity index (χ0v) is 16.0. The van der Waals surface area contributed by atoms with E-state index in [4.69, 9.17) is 4.42 Å². The molecule has 1 saturated carbocycles. The number of rotatable bonds is 4. The lowest BCUT2D eigenvalue weighted by Crippen LogP contribution is -2.48. The van der Waals surface area contributed by atoms with Crippen molar-refractivity contribution in [1.29, 1.82) is 0 Å². The van der Waals surface area contributed by atoms with Crippen molar-refractivity contribution >= 4 is 29.9 Å². The highest BCUT2D eigenvalue weighted by Crippen LogP contribution is 2.23. The maximum Gasteiger partial charge on any atom is 0.191 e. The average Bonchev–Trinajstić information content (AvgIpc) is 2.98. The Balaban J connectivity index is 0.00000242. The molecule has 0 radical (unpaired) electrons. The van der Waals surface area contributed by atoms with Crippen LogP contribution < -0.4 is 10.6 Å². The van der Waals surface area contributed by atoms with E-state index in [9.17, 15) is 5.11 Å². The molecule has 0 bridgehead atoms. The van der Waals surface area contributed by atoms with Crippen LogP contribution >= 0.6 is 24.0 Å². The van der Waals surface area contributed by atoms with Crippen molar-refractivity contribution in [3.8, 4) is 0 Å². The van der Waals surface area contributed by atoms with Gasteiger partial charge >= 0.3 is 0 Å². The summed E-state index contributed by atoms with van der Waals surface area (Å²) in [6, 6.07) is 4.02. The van der Waals surface area contributed by atoms with E-state index >= 15 is 0 Å². The van der Waals surface area contributed by atoms with Crippen molar-refractivity contribution < 1.29 is 9.52 Å². The standard InChI is InChI=1S/C16H27N3O2.HI/c1-12-6-4-7-13(10-12)19-15(17-3)18-11-16(2,20)14-8-5-9-21-14;/h5,8-9,12-13,20H,4,6-7,10-11H2,1-3H3,(H2,17,18,19);1H. The first kappa shape index (κ1) is 19.3. The SMILES string of the molecule is CN=C(NCC(C)(O)c1ccco1)NC1CCCC(C)C1.I. The zero-order chi connectivity index (χ0) is 15.3. The van der Waals surface area contributed by atoms with Gasteiger partial charge in [-0.1, -0.05) is 19.8 Å². The number of aliphatic imine (C=N–C) groups is 1. The molecule has 5 nitrogen and oxygen atoms in total. The molecule has 6 heteroatoms. The summed E-state index contributed by atoms with van der Waals surface area (Å²) in [5.41, 5.74) is -1.05. The number of halogens is 1. The van der Waals surface area contributed by atoms with Gasteiger partial charge in [0.05, 0.1) is 12.8 Å². The van der Waals surface area contributed by atoms with Gasteiger partial charge in [-0.25, -0.2) is 0 Å². The molecule has 0 aliphatic heterocycles. The van der Waals surface area contributed by atoms with E-state index in [1.165, 1.54) is 25.7 Å². The predicted molar refractivity (Wildman–Crippen MR) is 99.6 cm³/mol. The number of furan rings is 1. The highest BCUT2D eigenvalue weighted by atomic mass is 127. The second kappa shape index (κ2) is 8.76. The van der Waals surface area contributed by atoms with Crippen LogP contribution in [0.25, 0.3) is 0 Å². The quantitative estimate of drug-likeness (QED) is 0.397. The normalized spacial score (nSPS) is 25.0. The average molecular weight is 421 g/mol. The molecule has 1 aliphatic rings. The number of guanidine groups is 1. The minimum Gasteiger partial charge on any atom is -0.466 e. The van der Waals surface area contributed by atoms with Crippen molar-refractivity contribution in [3.05, 3.63) is 24.2 Å². The van der Waals surface area contributed by atoms with Gasteiger partial charge in [-0.05, 0) is 37.8 Å². The Morgan fingerprint density at radius 3 is 2.86 bits per heavy atom. The lowest BCUT2D eigenvalue weighted by atomic mass is 9.87. The monoisotopic (exact) mass is 421 g/mol. The molecule has 126 valence electrons. The van der Waals surface area contributed by atoms with E-state index in [-0.39, 0.29) is 24.0 Å². The number of hydrogen-bond acceptors (Lipinski definition) is 3. The molecule has 3 atom stereocenters. The fourth-order valence-electron chi connectivity index (χ4n) is 2.88. The Labute approximate surface area is 150 Å². The van der Waals surface area contributed by atoms with Crippen LogP contribution in [0.3, 0.4) is 0 Å². The Bertz CT molecular complexity index is 460. The summed E-state index contributed by atoms with van der Waals surface area (Å²) in [4.78, 5) is 4.24. The van der Waals surface area contributed by atoms with Gasteiger partial charge in [-0.15, -0.1) is 24.0 Å². The van der Waals surface area contributed by atoms with E-state index in [1.807, 2.05) is 0 Å². The topological polar surface area (TPSA) is 69.8 Å². The molecule has 1 aromatic rings. The van der Waals surface area contributed by atoms with E-state index in [0.717, 1.165) is 11.9 Å². The molecule has 0 amide bonds. The Morgan fingerprint density at radius 2 is 2.27 bits per heavy atom. The minimum atomic E-state index is -1.05. The predicted octanol–water partition coefficient (Wildman–Crippen LogP) is 2.85. The second-order valence-corrected chi connectivity index (χ2v) is 6.29. The van der Waals surface area contributed by atoms with Crippen LogP contribution in [-0.2, 0) is 5.60 Å². The van der Waals surface area contributed by atoms with Gasteiger partial charge < -0.3 is 20.2 Å². The summed E-state index contributed by atoms with van der Waals surface area (Å²) in [5, 5.41) is 17.1. The summed E-state index contributed by atoms with van der Waals surface area (Å²) in [7, 11) is 1.75. The third-order valence-electron chi connectivity index (χ3n) is 4.15. The van der Waals surface area contributed by atoms with Gasteiger partial charge in [-0.3, -0.25) is 4.99 Å². The van der Waals surface area contributed by atoms with Crippen LogP contribution in [0.1, 0.15) is 45.3 Å². The van der Waals surface area contributed by atoms with Crippen LogP contribution in [0.2, 0.25) is 0 Å². The third-order valence-corrected chi connectivity index (χ3v) is 4.15. The summed E-state index contributed by atoms with van der Waals surface area (Å²) < 4.78 is 5.28. The first-order valence-electron chi connectivity index (χ1n) is 7.75. The van der Waals surface area contributed by atoms with Crippen LogP contribution in [0.5, 0.6) is 0 Å². The summed E-state index contributed by atoms with van der Waals surface area (Å²) in [6.45, 7) is 4.38. The molecule has 2 rings (SSSR count). The van der Waals surface area contributed by atoms with Crippen molar-refractivity contribution in [3.63, 3.8) is 0 Å². The number of nitrogens with one attached hydrogen (secondary N) is 2. The fraction of sp³-hybridized carbons (Fsp3) is 0.688. The third kappa shape index (κ3) is 5.46. The summed E-state index contributed by atoms with van der Waals surface area (Å²) in [6.07, 6.45) is 6.51. The number of hydrogen-bond donors (Lipinski definition) is 3. The van der Waals surface area contributed by atoms with Gasteiger partial charge in [0.15, 0.2) is 5.96 Å². The van der Waals surface area contributed by atoms with Gasteiger partial charge in [0.2, 0.25) is 0 Å². The van der Waals surface area contributed by atoms with Gasteiger partial charge in [0.1, 0.15) is 11.4 Å². The zero-order valence-electron chi connectivity index (χ0n) is 13.6.